The predicted octanol–water partition coefficient (Wildman–Crippen LogP) is 3.05. The van der Waals surface area contributed by atoms with Gasteiger partial charge in [0.05, 0.1) is 30.7 Å². The molecule has 0 bridgehead atoms. The molecule has 2 saturated heterocycles. The van der Waals surface area contributed by atoms with Gasteiger partial charge in [0.15, 0.2) is 5.65 Å². The molecule has 2 aromatic heterocycles. The lowest BCUT2D eigenvalue weighted by molar-refractivity contribution is -0.141. The van der Waals surface area contributed by atoms with Gasteiger partial charge in [0, 0.05) is 30.7 Å². The van der Waals surface area contributed by atoms with Gasteiger partial charge in [-0.2, -0.15) is 0 Å². The fourth-order valence-corrected chi connectivity index (χ4v) is 5.98. The molecule has 1 aromatic carbocycles. The Balaban J connectivity index is 1.19. The van der Waals surface area contributed by atoms with Crippen LogP contribution in [0, 0.1) is 5.41 Å². The number of morpholine rings is 1. The van der Waals surface area contributed by atoms with Crippen LogP contribution in [0.1, 0.15) is 44.3 Å². The van der Waals surface area contributed by atoms with Gasteiger partial charge in [0.1, 0.15) is 17.6 Å². The van der Waals surface area contributed by atoms with Crippen molar-refractivity contribution >= 4 is 34.6 Å². The minimum absolute atomic E-state index is 0.0836. The Morgan fingerprint density at radius 1 is 1.10 bits per heavy atom. The Labute approximate surface area is 235 Å². The zero-order chi connectivity index (χ0) is 28.2. The Morgan fingerprint density at radius 3 is 2.45 bits per heavy atom. The first-order valence-corrected chi connectivity index (χ1v) is 13.9. The third-order valence-corrected chi connectivity index (χ3v) is 8.84. The smallest absolute Gasteiger partial charge is 0.407 e. The van der Waals surface area contributed by atoms with E-state index in [9.17, 15) is 24.6 Å². The molecule has 3 fully saturated rings. The molecule has 1 aliphatic carbocycles. The van der Waals surface area contributed by atoms with Crippen LogP contribution < -0.4 is 5.56 Å². The summed E-state index contributed by atoms with van der Waals surface area (Å²) in [4.78, 5) is 45.1. The number of amides is 2. The van der Waals surface area contributed by atoms with Gasteiger partial charge >= 0.3 is 6.09 Å². The largest absolute Gasteiger partial charge is 0.465 e. The van der Waals surface area contributed by atoms with Crippen LogP contribution in [0.4, 0.5) is 4.79 Å². The number of nitrogens with zero attached hydrogens (tertiary/aromatic N) is 5. The van der Waals surface area contributed by atoms with Crippen LogP contribution >= 0.6 is 11.6 Å². The number of halogens is 1. The van der Waals surface area contributed by atoms with Crippen LogP contribution in [-0.2, 0) is 16.1 Å². The molecule has 3 aromatic rings. The number of aliphatic hydroxyl groups is 1. The Hall–Kier alpha value is -3.41. The monoisotopic (exact) mass is 569 g/mol. The Bertz CT molecular complexity index is 1520. The summed E-state index contributed by atoms with van der Waals surface area (Å²) in [5.74, 6) is 0.160. The highest BCUT2D eigenvalue weighted by molar-refractivity contribution is 6.31. The average molecular weight is 570 g/mol. The van der Waals surface area contributed by atoms with E-state index in [4.69, 9.17) is 16.3 Å². The third kappa shape index (κ3) is 4.86. The van der Waals surface area contributed by atoms with Crippen LogP contribution in [0.25, 0.3) is 16.7 Å². The maximum atomic E-state index is 13.4. The highest BCUT2D eigenvalue weighted by atomic mass is 35.5. The molecule has 0 spiro atoms. The van der Waals surface area contributed by atoms with E-state index in [1.165, 1.54) is 15.8 Å². The number of rotatable bonds is 5. The molecule has 12 heteroatoms. The fourth-order valence-electron chi connectivity index (χ4n) is 5.69. The summed E-state index contributed by atoms with van der Waals surface area (Å²) in [7, 11) is 0. The van der Waals surface area contributed by atoms with Crippen LogP contribution in [0.5, 0.6) is 0 Å². The van der Waals surface area contributed by atoms with E-state index >= 15 is 0 Å². The van der Waals surface area contributed by atoms with Gasteiger partial charge in [0.25, 0.3) is 5.56 Å². The summed E-state index contributed by atoms with van der Waals surface area (Å²) >= 11 is 6.57. The molecular formula is C28H32ClN5O6. The number of piperidine rings is 1. The standard InChI is InChI=1S/C28H32ClN5O6/c1-27(6-7-27)25(36)31-10-8-28(39,9-11-31)16-33-17-30-23-20(24(33)35)14-22(29)34(23)19-4-2-18(3-5-19)21-15-32(26(37)38)12-13-40-21/h2-5,14,17,21,39H,6-13,15-16H2,1H3,(H,37,38). The number of ether oxygens (including phenoxy) is 1. The predicted molar refractivity (Wildman–Crippen MR) is 147 cm³/mol. The highest BCUT2D eigenvalue weighted by Crippen LogP contribution is 2.47. The van der Waals surface area contributed by atoms with Crippen molar-refractivity contribution < 1.29 is 24.5 Å². The number of benzene rings is 1. The van der Waals surface area contributed by atoms with Crippen molar-refractivity contribution in [3.05, 3.63) is 57.7 Å². The van der Waals surface area contributed by atoms with Gasteiger partial charge in [-0.15, -0.1) is 0 Å². The van der Waals surface area contributed by atoms with Gasteiger partial charge in [-0.3, -0.25) is 18.7 Å². The van der Waals surface area contributed by atoms with Crippen molar-refractivity contribution in [3.63, 3.8) is 0 Å². The molecule has 1 atom stereocenters. The lowest BCUT2D eigenvalue weighted by atomic mass is 9.90. The SMILES string of the molecule is CC1(C(=O)N2CCC(O)(Cn3cnc4c(cc(Cl)n4-c4ccc(C5CN(C(=O)O)CCO5)cc4)c3=O)CC2)CC1. The zero-order valence-electron chi connectivity index (χ0n) is 22.3. The number of likely N-dealkylation sites (tertiary alicyclic amines) is 1. The average Bonchev–Trinajstić information content (AvgIpc) is 3.61. The van der Waals surface area contributed by atoms with Gasteiger partial charge < -0.3 is 24.7 Å². The first kappa shape index (κ1) is 26.8. The lowest BCUT2D eigenvalue weighted by Gasteiger charge is -2.39. The Kier molecular flexibility index (Phi) is 6.63. The third-order valence-electron chi connectivity index (χ3n) is 8.56. The molecule has 3 aliphatic rings. The molecular weight excluding hydrogens is 538 g/mol. The summed E-state index contributed by atoms with van der Waals surface area (Å²) in [6.07, 6.45) is 2.71. The maximum Gasteiger partial charge on any atom is 0.407 e. The van der Waals surface area contributed by atoms with Crippen molar-refractivity contribution in [1.29, 1.82) is 0 Å². The lowest BCUT2D eigenvalue weighted by Crippen LogP contribution is -2.51. The Morgan fingerprint density at radius 2 is 1.80 bits per heavy atom. The molecule has 4 heterocycles. The molecule has 0 radical (unpaired) electrons. The van der Waals surface area contributed by atoms with Crippen LogP contribution in [0.15, 0.2) is 41.5 Å². The quantitative estimate of drug-likeness (QED) is 0.483. The van der Waals surface area contributed by atoms with E-state index < -0.39 is 11.7 Å². The second kappa shape index (κ2) is 9.90. The van der Waals surface area contributed by atoms with Crippen LogP contribution in [0.2, 0.25) is 5.15 Å². The molecule has 11 nitrogen and oxygen atoms in total. The molecule has 2 N–H and O–H groups in total. The summed E-state index contributed by atoms with van der Waals surface area (Å²) in [5.41, 5.74) is 0.280. The highest BCUT2D eigenvalue weighted by Gasteiger charge is 2.48. The van der Waals surface area contributed by atoms with Gasteiger partial charge in [-0.25, -0.2) is 9.78 Å². The van der Waals surface area contributed by atoms with E-state index in [1.807, 2.05) is 36.1 Å². The number of aromatic nitrogens is 3. The van der Waals surface area contributed by atoms with Crippen molar-refractivity contribution in [2.45, 2.75) is 50.9 Å². The normalized spacial score (nSPS) is 21.9. The van der Waals surface area contributed by atoms with Crippen LogP contribution in [-0.4, -0.2) is 84.5 Å². The summed E-state index contributed by atoms with van der Waals surface area (Å²) in [6.45, 7) is 3.92. The molecule has 6 rings (SSSR count). The maximum absolute atomic E-state index is 13.4. The number of carbonyl (C=O) groups excluding carboxylic acids is 1. The molecule has 1 unspecified atom stereocenters. The van der Waals surface area contributed by atoms with Crippen LogP contribution in [0.3, 0.4) is 0 Å². The summed E-state index contributed by atoms with van der Waals surface area (Å²) in [6, 6.07) is 8.94. The number of fused-ring (bicyclic) bond motifs is 1. The molecule has 2 aliphatic heterocycles. The molecule has 1 saturated carbocycles. The molecule has 40 heavy (non-hydrogen) atoms. The van der Waals surface area contributed by atoms with E-state index in [-0.39, 0.29) is 36.1 Å². The van der Waals surface area contributed by atoms with E-state index in [2.05, 4.69) is 4.98 Å². The van der Waals surface area contributed by atoms with Crippen molar-refractivity contribution in [3.8, 4) is 5.69 Å². The topological polar surface area (TPSA) is 130 Å². The minimum Gasteiger partial charge on any atom is -0.465 e. The second-order valence-electron chi connectivity index (χ2n) is 11.5. The van der Waals surface area contributed by atoms with Gasteiger partial charge in [0.2, 0.25) is 5.91 Å². The van der Waals surface area contributed by atoms with Crippen molar-refractivity contribution in [2.24, 2.45) is 5.41 Å². The summed E-state index contributed by atoms with van der Waals surface area (Å²) in [5, 5.41) is 21.2. The molecule has 212 valence electrons. The number of hydrogen-bond donors (Lipinski definition) is 2. The fraction of sp³-hybridized carbons (Fsp3) is 0.500. The van der Waals surface area contributed by atoms with E-state index in [0.717, 1.165) is 18.4 Å². The summed E-state index contributed by atoms with van der Waals surface area (Å²) < 4.78 is 8.86. The van der Waals surface area contributed by atoms with E-state index in [0.29, 0.717) is 61.0 Å². The number of carboxylic acid groups (broad SMARTS) is 1. The second-order valence-corrected chi connectivity index (χ2v) is 11.9. The minimum atomic E-state index is -1.11. The number of carbonyl (C=O) groups is 2. The first-order valence-electron chi connectivity index (χ1n) is 13.5. The number of hydrogen-bond acceptors (Lipinski definition) is 6. The van der Waals surface area contributed by atoms with Gasteiger partial charge in [-0.05, 0) is 49.4 Å². The van der Waals surface area contributed by atoms with Crippen molar-refractivity contribution in [1.82, 2.24) is 23.9 Å². The van der Waals surface area contributed by atoms with E-state index in [1.54, 1.807) is 10.6 Å². The first-order chi connectivity index (χ1) is 19.1. The van der Waals surface area contributed by atoms with Crippen molar-refractivity contribution in [2.75, 3.05) is 32.8 Å². The van der Waals surface area contributed by atoms with Gasteiger partial charge in [-0.1, -0.05) is 30.7 Å². The molecule has 2 amide bonds. The zero-order valence-corrected chi connectivity index (χ0v) is 23.0.